The Kier molecular flexibility index (Phi) is 13.6. The number of amides is 3. The second-order valence-corrected chi connectivity index (χ2v) is 11.4. The van der Waals surface area contributed by atoms with Gasteiger partial charge in [-0.2, -0.15) is 11.8 Å². The van der Waals surface area contributed by atoms with Crippen LogP contribution in [0.15, 0.2) is 59.2 Å². The number of nitrogens with zero attached hydrogens (tertiary/aromatic N) is 1. The van der Waals surface area contributed by atoms with Crippen molar-refractivity contribution in [2.75, 3.05) is 11.5 Å². The molecule has 222 valence electrons. The lowest BCUT2D eigenvalue weighted by atomic mass is 10.1. The molecule has 9 nitrogen and oxygen atoms in total. The Morgan fingerprint density at radius 3 is 1.95 bits per heavy atom. The number of aliphatic carboxylic acids is 2. The van der Waals surface area contributed by atoms with Gasteiger partial charge in [-0.1, -0.05) is 47.1 Å². The zero-order valence-electron chi connectivity index (χ0n) is 24.1. The highest BCUT2D eigenvalue weighted by Gasteiger charge is 2.42. The molecule has 1 heterocycles. The van der Waals surface area contributed by atoms with Crippen molar-refractivity contribution in [3.05, 3.63) is 70.3 Å². The fourth-order valence-electron chi connectivity index (χ4n) is 4.29. The van der Waals surface area contributed by atoms with Crippen molar-refractivity contribution in [1.82, 2.24) is 10.2 Å². The fraction of sp³-hybridized carbons (Fsp3) is 0.452. The number of rotatable bonds is 17. The highest BCUT2D eigenvalue weighted by Crippen LogP contribution is 2.26. The number of allylic oxidation sites excluding steroid dienone is 5. The summed E-state index contributed by atoms with van der Waals surface area (Å²) in [6.45, 7) is 8.37. The maximum atomic E-state index is 12.7. The van der Waals surface area contributed by atoms with Crippen molar-refractivity contribution in [1.29, 1.82) is 0 Å². The Labute approximate surface area is 245 Å². The summed E-state index contributed by atoms with van der Waals surface area (Å²) in [6.07, 6.45) is 9.79. The van der Waals surface area contributed by atoms with E-state index < -0.39 is 41.7 Å². The first-order valence-corrected chi connectivity index (χ1v) is 14.8. The van der Waals surface area contributed by atoms with E-state index in [1.54, 1.807) is 12.1 Å². The summed E-state index contributed by atoms with van der Waals surface area (Å²) in [5, 5.41) is 21.6. The minimum absolute atomic E-state index is 0.113. The van der Waals surface area contributed by atoms with Gasteiger partial charge in [0, 0.05) is 17.9 Å². The second-order valence-electron chi connectivity index (χ2n) is 10.4. The van der Waals surface area contributed by atoms with Crippen molar-refractivity contribution in [3.63, 3.8) is 0 Å². The first-order valence-electron chi connectivity index (χ1n) is 13.7. The van der Waals surface area contributed by atoms with Gasteiger partial charge >= 0.3 is 11.9 Å². The normalized spacial score (nSPS) is 14.9. The van der Waals surface area contributed by atoms with Crippen LogP contribution in [0.25, 0.3) is 0 Å². The third-order valence-electron chi connectivity index (χ3n) is 6.66. The Bertz CT molecular complexity index is 1200. The summed E-state index contributed by atoms with van der Waals surface area (Å²) in [4.78, 5) is 62.1. The standard InChI is InChI=1S/C31H40N2O7S/c1-20(2)9-7-10-21(3)11-8-12-22(4)17-18-41-19-25(30(37)38)32-27(34)16-15-26(31(39)40)33-28(35)23-13-5-6-14-24(23)29(33)36/h5-6,9,11,13-14,17,25-26H,7-8,10,12,15-16,18-19H2,1-4H3,(H,32,34)(H,37,38)(H,39,40)/b21-11+,22-17+. The molecule has 1 aliphatic heterocycles. The predicted molar refractivity (Wildman–Crippen MR) is 160 cm³/mol. The molecule has 3 amide bonds. The Balaban J connectivity index is 1.81. The van der Waals surface area contributed by atoms with E-state index in [1.165, 1.54) is 40.6 Å². The molecule has 0 fully saturated rings. The number of hydrogen-bond donors (Lipinski definition) is 3. The average Bonchev–Trinajstić information content (AvgIpc) is 3.15. The van der Waals surface area contributed by atoms with Gasteiger partial charge in [0.2, 0.25) is 5.91 Å². The van der Waals surface area contributed by atoms with Gasteiger partial charge in [0.25, 0.3) is 11.8 Å². The number of nitrogens with one attached hydrogen (secondary N) is 1. The van der Waals surface area contributed by atoms with E-state index in [0.717, 1.165) is 25.7 Å². The van der Waals surface area contributed by atoms with Crippen molar-refractivity contribution >= 4 is 41.4 Å². The summed E-state index contributed by atoms with van der Waals surface area (Å²) in [5.41, 5.74) is 4.12. The smallest absolute Gasteiger partial charge is 0.327 e. The third-order valence-corrected chi connectivity index (χ3v) is 7.63. The predicted octanol–water partition coefficient (Wildman–Crippen LogP) is 5.24. The molecule has 41 heavy (non-hydrogen) atoms. The molecule has 0 aromatic heterocycles. The SMILES string of the molecule is CC(C)=CCC/C(C)=C/CC/C(C)=C/CSCC(NC(=O)CCC(C(=O)O)N1C(=O)c2ccccc2C1=O)C(=O)O. The van der Waals surface area contributed by atoms with Crippen molar-refractivity contribution in [2.45, 2.75) is 78.3 Å². The molecule has 2 unspecified atom stereocenters. The molecule has 2 rings (SSSR count). The van der Waals surface area contributed by atoms with Crippen LogP contribution in [0.1, 0.15) is 86.9 Å². The molecule has 1 aromatic rings. The Morgan fingerprint density at radius 2 is 1.41 bits per heavy atom. The number of carbonyl (C=O) groups excluding carboxylic acids is 3. The molecule has 1 aliphatic rings. The molecule has 10 heteroatoms. The average molecular weight is 585 g/mol. The fourth-order valence-corrected chi connectivity index (χ4v) is 5.29. The highest BCUT2D eigenvalue weighted by molar-refractivity contribution is 7.99. The van der Waals surface area contributed by atoms with Crippen LogP contribution in [0.4, 0.5) is 0 Å². The molecule has 2 atom stereocenters. The van der Waals surface area contributed by atoms with E-state index in [1.807, 2.05) is 6.92 Å². The lowest BCUT2D eigenvalue weighted by molar-refractivity contribution is -0.143. The summed E-state index contributed by atoms with van der Waals surface area (Å²) in [5.74, 6) is -4.02. The van der Waals surface area contributed by atoms with Crippen LogP contribution in [0.2, 0.25) is 0 Å². The van der Waals surface area contributed by atoms with Gasteiger partial charge in [-0.25, -0.2) is 9.59 Å². The first kappa shape index (κ1) is 33.5. The molecular weight excluding hydrogens is 544 g/mol. The molecule has 0 saturated heterocycles. The van der Waals surface area contributed by atoms with Gasteiger partial charge < -0.3 is 15.5 Å². The van der Waals surface area contributed by atoms with Crippen LogP contribution >= 0.6 is 11.8 Å². The van der Waals surface area contributed by atoms with Gasteiger partial charge in [-0.15, -0.1) is 0 Å². The van der Waals surface area contributed by atoms with Gasteiger partial charge in [-0.3, -0.25) is 19.3 Å². The summed E-state index contributed by atoms with van der Waals surface area (Å²) >= 11 is 1.37. The maximum Gasteiger partial charge on any atom is 0.327 e. The number of hydrogen-bond acceptors (Lipinski definition) is 6. The van der Waals surface area contributed by atoms with E-state index in [0.29, 0.717) is 10.7 Å². The number of fused-ring (bicyclic) bond motifs is 1. The Hall–Kier alpha value is -3.66. The van der Waals surface area contributed by atoms with Crippen LogP contribution in [0.5, 0.6) is 0 Å². The molecule has 1 aromatic carbocycles. The highest BCUT2D eigenvalue weighted by atomic mass is 32.2. The van der Waals surface area contributed by atoms with Gasteiger partial charge in [-0.05, 0) is 71.9 Å². The number of carboxylic acids is 2. The first-order chi connectivity index (χ1) is 19.4. The quantitative estimate of drug-likeness (QED) is 0.128. The molecule has 0 bridgehead atoms. The van der Waals surface area contributed by atoms with E-state index in [9.17, 15) is 34.2 Å². The monoisotopic (exact) mass is 584 g/mol. The molecule has 3 N–H and O–H groups in total. The number of thioether (sulfide) groups is 1. The van der Waals surface area contributed by atoms with Crippen LogP contribution < -0.4 is 5.32 Å². The number of carboxylic acid groups (broad SMARTS) is 2. The summed E-state index contributed by atoms with van der Waals surface area (Å²) in [7, 11) is 0. The lowest BCUT2D eigenvalue weighted by Crippen LogP contribution is -2.46. The van der Waals surface area contributed by atoms with E-state index in [-0.39, 0.29) is 29.7 Å². The second kappa shape index (κ2) is 16.6. The van der Waals surface area contributed by atoms with E-state index in [2.05, 4.69) is 44.3 Å². The van der Waals surface area contributed by atoms with E-state index >= 15 is 0 Å². The summed E-state index contributed by atoms with van der Waals surface area (Å²) in [6, 6.07) is 3.33. The van der Waals surface area contributed by atoms with Gasteiger partial charge in [0.05, 0.1) is 11.1 Å². The van der Waals surface area contributed by atoms with Gasteiger partial charge in [0.1, 0.15) is 12.1 Å². The lowest BCUT2D eigenvalue weighted by Gasteiger charge is -2.22. The van der Waals surface area contributed by atoms with Crippen molar-refractivity contribution in [3.8, 4) is 0 Å². The van der Waals surface area contributed by atoms with Crippen molar-refractivity contribution in [2.24, 2.45) is 0 Å². The maximum absolute atomic E-state index is 12.7. The Morgan fingerprint density at radius 1 is 0.854 bits per heavy atom. The van der Waals surface area contributed by atoms with Crippen molar-refractivity contribution < 1.29 is 34.2 Å². The van der Waals surface area contributed by atoms with Crippen LogP contribution in [-0.2, 0) is 14.4 Å². The topological polar surface area (TPSA) is 141 Å². The minimum Gasteiger partial charge on any atom is -0.480 e. The number of imide groups is 1. The molecule has 0 radical (unpaired) electrons. The molecule has 0 saturated carbocycles. The van der Waals surface area contributed by atoms with E-state index in [4.69, 9.17) is 0 Å². The summed E-state index contributed by atoms with van der Waals surface area (Å²) < 4.78 is 0. The van der Waals surface area contributed by atoms with Gasteiger partial charge in [0.15, 0.2) is 0 Å². The number of benzene rings is 1. The molecule has 0 aliphatic carbocycles. The largest absolute Gasteiger partial charge is 0.480 e. The van der Waals surface area contributed by atoms with Crippen LogP contribution in [0.3, 0.4) is 0 Å². The number of carbonyl (C=O) groups is 5. The zero-order chi connectivity index (χ0) is 30.5. The molecule has 0 spiro atoms. The zero-order valence-corrected chi connectivity index (χ0v) is 25.0. The van der Waals surface area contributed by atoms with Crippen LogP contribution in [0, 0.1) is 0 Å². The third kappa shape index (κ3) is 10.7. The van der Waals surface area contributed by atoms with Crippen LogP contribution in [-0.4, -0.2) is 68.4 Å². The molecular formula is C31H40N2O7S. The minimum atomic E-state index is -1.55.